The van der Waals surface area contributed by atoms with Crippen LogP contribution >= 0.6 is 0 Å². The molecule has 14 heavy (non-hydrogen) atoms. The van der Waals surface area contributed by atoms with E-state index in [0.717, 1.165) is 0 Å². The summed E-state index contributed by atoms with van der Waals surface area (Å²) in [6.45, 7) is 1.93. The molecule has 0 saturated heterocycles. The van der Waals surface area contributed by atoms with Crippen LogP contribution in [0.4, 0.5) is 8.78 Å². The predicted octanol–water partition coefficient (Wildman–Crippen LogP) is -0.320. The van der Waals surface area contributed by atoms with Crippen LogP contribution in [-0.2, 0) is 4.79 Å². The van der Waals surface area contributed by atoms with Crippen LogP contribution in [-0.4, -0.2) is 31.0 Å². The van der Waals surface area contributed by atoms with Crippen molar-refractivity contribution in [1.82, 2.24) is 5.32 Å². The lowest BCUT2D eigenvalue weighted by molar-refractivity contribution is -0.125. The van der Waals surface area contributed by atoms with Gasteiger partial charge < -0.3 is 16.8 Å². The first-order chi connectivity index (χ1) is 6.30. The molecule has 0 saturated carbocycles. The second kappa shape index (κ2) is 5.21. The SMILES string of the molecule is CC(C)[C@H](N)C(=O)NCC(F)(F)CN. The minimum Gasteiger partial charge on any atom is -0.349 e. The van der Waals surface area contributed by atoms with Crippen LogP contribution in [0.3, 0.4) is 0 Å². The fourth-order valence-corrected chi connectivity index (χ4v) is 0.709. The Balaban J connectivity index is 3.97. The van der Waals surface area contributed by atoms with Crippen LogP contribution in [0.25, 0.3) is 0 Å². The van der Waals surface area contributed by atoms with Crippen molar-refractivity contribution in [3.05, 3.63) is 0 Å². The number of nitrogens with two attached hydrogens (primary N) is 2. The first-order valence-corrected chi connectivity index (χ1v) is 4.41. The van der Waals surface area contributed by atoms with Crippen LogP contribution in [0.2, 0.25) is 0 Å². The summed E-state index contributed by atoms with van der Waals surface area (Å²) in [5.41, 5.74) is 10.2. The number of carbonyl (C=O) groups is 1. The zero-order chi connectivity index (χ0) is 11.4. The van der Waals surface area contributed by atoms with Crippen molar-refractivity contribution >= 4 is 5.91 Å². The molecule has 4 nitrogen and oxygen atoms in total. The number of hydrogen-bond donors (Lipinski definition) is 3. The van der Waals surface area contributed by atoms with Crippen molar-refractivity contribution in [2.24, 2.45) is 17.4 Å². The Bertz CT molecular complexity index is 197. The number of rotatable bonds is 5. The molecule has 0 aromatic rings. The predicted molar refractivity (Wildman–Crippen MR) is 49.8 cm³/mol. The minimum atomic E-state index is -3.06. The van der Waals surface area contributed by atoms with Crippen molar-refractivity contribution in [1.29, 1.82) is 0 Å². The van der Waals surface area contributed by atoms with E-state index in [4.69, 9.17) is 11.5 Å². The number of hydrogen-bond acceptors (Lipinski definition) is 3. The fourth-order valence-electron chi connectivity index (χ4n) is 0.709. The third-order valence-corrected chi connectivity index (χ3v) is 1.84. The first kappa shape index (κ1) is 13.2. The molecule has 1 atom stereocenters. The lowest BCUT2D eigenvalue weighted by Gasteiger charge is -2.18. The van der Waals surface area contributed by atoms with Gasteiger partial charge in [-0.1, -0.05) is 13.8 Å². The molecule has 0 bridgehead atoms. The Morgan fingerprint density at radius 1 is 1.50 bits per heavy atom. The summed E-state index contributed by atoms with van der Waals surface area (Å²) < 4.78 is 25.2. The van der Waals surface area contributed by atoms with Gasteiger partial charge in [0, 0.05) is 0 Å². The summed E-state index contributed by atoms with van der Waals surface area (Å²) in [6, 6.07) is -0.761. The fraction of sp³-hybridized carbons (Fsp3) is 0.875. The molecule has 0 aliphatic carbocycles. The number of amides is 1. The molecular weight excluding hydrogens is 192 g/mol. The molecule has 0 aromatic carbocycles. The number of nitrogens with one attached hydrogen (secondary N) is 1. The molecule has 0 heterocycles. The average Bonchev–Trinajstić information content (AvgIpc) is 2.13. The van der Waals surface area contributed by atoms with Crippen LogP contribution in [0.5, 0.6) is 0 Å². The van der Waals surface area contributed by atoms with Crippen molar-refractivity contribution in [2.75, 3.05) is 13.1 Å². The highest BCUT2D eigenvalue weighted by Gasteiger charge is 2.28. The molecule has 1 amide bonds. The standard InChI is InChI=1S/C8H17F2N3O/c1-5(2)6(12)7(14)13-4-8(9,10)3-11/h5-6H,3-4,11-12H2,1-2H3,(H,13,14)/t6-/m0/s1. The maximum absolute atomic E-state index is 12.6. The molecule has 0 spiro atoms. The van der Waals surface area contributed by atoms with Gasteiger partial charge in [-0.3, -0.25) is 4.79 Å². The maximum atomic E-state index is 12.6. The van der Waals surface area contributed by atoms with E-state index in [-0.39, 0.29) is 5.92 Å². The highest BCUT2D eigenvalue weighted by molar-refractivity contribution is 5.81. The number of carbonyl (C=O) groups excluding carboxylic acids is 1. The van der Waals surface area contributed by atoms with Crippen LogP contribution in [0.15, 0.2) is 0 Å². The topological polar surface area (TPSA) is 81.1 Å². The molecule has 84 valence electrons. The summed E-state index contributed by atoms with van der Waals surface area (Å²) in [7, 11) is 0. The smallest absolute Gasteiger partial charge is 0.277 e. The van der Waals surface area contributed by atoms with Gasteiger partial charge in [0.1, 0.15) is 0 Å². The Hall–Kier alpha value is -0.750. The van der Waals surface area contributed by atoms with Gasteiger partial charge in [0.25, 0.3) is 5.92 Å². The van der Waals surface area contributed by atoms with Crippen molar-refractivity contribution < 1.29 is 13.6 Å². The van der Waals surface area contributed by atoms with Gasteiger partial charge in [-0.05, 0) is 5.92 Å². The maximum Gasteiger partial charge on any atom is 0.277 e. The van der Waals surface area contributed by atoms with Gasteiger partial charge >= 0.3 is 0 Å². The van der Waals surface area contributed by atoms with Crippen LogP contribution in [0, 0.1) is 5.92 Å². The summed E-state index contributed by atoms with van der Waals surface area (Å²) in [5.74, 6) is -3.72. The van der Waals surface area contributed by atoms with E-state index < -0.39 is 31.0 Å². The second-order valence-electron chi connectivity index (χ2n) is 3.55. The first-order valence-electron chi connectivity index (χ1n) is 4.41. The van der Waals surface area contributed by atoms with Crippen molar-refractivity contribution in [2.45, 2.75) is 25.8 Å². The lowest BCUT2D eigenvalue weighted by atomic mass is 10.1. The summed E-state index contributed by atoms with van der Waals surface area (Å²) in [5, 5.41) is 2.06. The van der Waals surface area contributed by atoms with Gasteiger partial charge in [0.2, 0.25) is 5.91 Å². The molecule has 0 fully saturated rings. The molecule has 6 heteroatoms. The zero-order valence-corrected chi connectivity index (χ0v) is 8.39. The van der Waals surface area contributed by atoms with E-state index in [1.807, 2.05) is 0 Å². The van der Waals surface area contributed by atoms with Gasteiger partial charge in [-0.25, -0.2) is 8.78 Å². The van der Waals surface area contributed by atoms with E-state index in [0.29, 0.717) is 0 Å². The molecule has 0 aliphatic rings. The monoisotopic (exact) mass is 209 g/mol. The van der Waals surface area contributed by atoms with E-state index in [9.17, 15) is 13.6 Å². The van der Waals surface area contributed by atoms with E-state index in [1.54, 1.807) is 13.8 Å². The molecule has 0 radical (unpaired) electrons. The summed E-state index contributed by atoms with van der Waals surface area (Å²) in [4.78, 5) is 11.1. The highest BCUT2D eigenvalue weighted by atomic mass is 19.3. The summed E-state index contributed by atoms with van der Waals surface area (Å²) in [6.07, 6.45) is 0. The second-order valence-corrected chi connectivity index (χ2v) is 3.55. The zero-order valence-electron chi connectivity index (χ0n) is 8.39. The van der Waals surface area contributed by atoms with Crippen LogP contribution in [0.1, 0.15) is 13.8 Å². The van der Waals surface area contributed by atoms with E-state index >= 15 is 0 Å². The lowest BCUT2D eigenvalue weighted by Crippen LogP contribution is -2.49. The van der Waals surface area contributed by atoms with Crippen molar-refractivity contribution in [3.8, 4) is 0 Å². The van der Waals surface area contributed by atoms with E-state index in [1.165, 1.54) is 0 Å². The Labute approximate surface area is 82.0 Å². The van der Waals surface area contributed by atoms with Gasteiger partial charge in [-0.2, -0.15) is 0 Å². The van der Waals surface area contributed by atoms with E-state index in [2.05, 4.69) is 5.32 Å². The van der Waals surface area contributed by atoms with Crippen LogP contribution < -0.4 is 16.8 Å². The van der Waals surface area contributed by atoms with Gasteiger partial charge in [0.15, 0.2) is 0 Å². The molecule has 0 unspecified atom stereocenters. The Kier molecular flexibility index (Phi) is 4.93. The number of alkyl halides is 2. The molecule has 0 aromatic heterocycles. The average molecular weight is 209 g/mol. The minimum absolute atomic E-state index is 0.0819. The highest BCUT2D eigenvalue weighted by Crippen LogP contribution is 2.09. The third kappa shape index (κ3) is 4.48. The Morgan fingerprint density at radius 3 is 2.36 bits per heavy atom. The number of halogens is 2. The largest absolute Gasteiger partial charge is 0.349 e. The molecule has 0 aliphatic heterocycles. The van der Waals surface area contributed by atoms with Gasteiger partial charge in [0.05, 0.1) is 19.1 Å². The molecular formula is C8H17F2N3O. The van der Waals surface area contributed by atoms with Crippen molar-refractivity contribution in [3.63, 3.8) is 0 Å². The molecule has 0 rings (SSSR count). The Morgan fingerprint density at radius 2 is 2.00 bits per heavy atom. The normalized spacial score (nSPS) is 14.2. The molecule has 5 N–H and O–H groups in total. The quantitative estimate of drug-likeness (QED) is 0.580. The summed E-state index contributed by atoms with van der Waals surface area (Å²) >= 11 is 0. The third-order valence-electron chi connectivity index (χ3n) is 1.84. The van der Waals surface area contributed by atoms with Gasteiger partial charge in [-0.15, -0.1) is 0 Å².